The summed E-state index contributed by atoms with van der Waals surface area (Å²) < 4.78 is 58.0. The molecule has 0 radical (unpaired) electrons. The van der Waals surface area contributed by atoms with E-state index in [4.69, 9.17) is 93.2 Å². The molecule has 7 aliphatic rings. The molecule has 75 heavy (non-hydrogen) atoms. The number of nitrogens with two attached hydrogens (primary N) is 8. The smallest absolute Gasteiger partial charge is 0.215 e. The molecule has 4 saturated heterocycles. The van der Waals surface area contributed by atoms with E-state index in [1.165, 1.54) is 0 Å². The van der Waals surface area contributed by atoms with Gasteiger partial charge in [-0.25, -0.2) is 0 Å². The summed E-state index contributed by atoms with van der Waals surface area (Å²) >= 11 is 0. The number of nitrogens with one attached hydrogen (secondary N) is 2. The lowest BCUT2D eigenvalue weighted by atomic mass is 9.83. The average molecular weight is 1090 g/mol. The Morgan fingerprint density at radius 1 is 0.587 bits per heavy atom. The van der Waals surface area contributed by atoms with Crippen LogP contribution >= 0.6 is 0 Å². The molecule has 0 aromatic heterocycles. The van der Waals surface area contributed by atoms with Crippen molar-refractivity contribution in [3.8, 4) is 0 Å². The van der Waals surface area contributed by atoms with Crippen molar-refractivity contribution in [3.63, 3.8) is 0 Å². The van der Waals surface area contributed by atoms with Crippen LogP contribution in [0.5, 0.6) is 0 Å². The first-order valence-corrected chi connectivity index (χ1v) is 25.4. The Labute approximate surface area is 433 Å². The van der Waals surface area contributed by atoms with Gasteiger partial charge in [0.05, 0.1) is 56.6 Å². The lowest BCUT2D eigenvalue weighted by Crippen LogP contribution is -2.69. The standard InChI is InChI=1S/C23H45N5O14.C21H41N5O7/c24-2-7-13(32)15(34)10(27)21(37-7)41-19-9(4-30)39-23(17(19)36)42-20-12(31)5(25)1-6(26)18(20)40-22-11(28)16(35)14(33)8(3-29)38-22;1-4-26-13-7-12(24)16(32-19-11(23)6-5-10(8-22)31-19)14(27)17(13)33-20-15(28)18(25-3)21(2,29)9-30-20/h5-23,29-36H,1-4,24-28H2;5,11-20,25-29H,4,6-9,22-24H2,1-3H3/t5-,6+,7+,8-,9-,10-,11-,12+,13-,14-,15-,16-,17-,18-,19-,20-,21-,22-,23+;11?,12-,13+,14-,15+,16+,17-,18+,19?,20+,21-/m10/s1. The van der Waals surface area contributed by atoms with Crippen molar-refractivity contribution in [1.82, 2.24) is 10.6 Å². The molecule has 5 heterocycles. The van der Waals surface area contributed by atoms with E-state index < -0.39 is 190 Å². The van der Waals surface area contributed by atoms with Crippen molar-refractivity contribution < 1.29 is 104 Å². The number of ether oxygens (including phenoxy) is 10. The van der Waals surface area contributed by atoms with E-state index in [1.807, 2.05) is 13.0 Å². The minimum absolute atomic E-state index is 0.0483. The molecule has 31 nitrogen and oxygen atoms in total. The Balaban J connectivity index is 0.000000251. The van der Waals surface area contributed by atoms with Gasteiger partial charge < -0.3 is 160 Å². The van der Waals surface area contributed by atoms with Crippen LogP contribution in [0, 0.1) is 0 Å². The van der Waals surface area contributed by atoms with Crippen LogP contribution in [0.25, 0.3) is 0 Å². The Kier molecular flexibility index (Phi) is 22.7. The highest BCUT2D eigenvalue weighted by Gasteiger charge is 2.56. The number of hydrogen-bond acceptors (Lipinski definition) is 31. The average Bonchev–Trinajstić information content (AvgIpc) is 3.67. The monoisotopic (exact) mass is 1090 g/mol. The largest absolute Gasteiger partial charge is 0.467 e. The second-order valence-corrected chi connectivity index (χ2v) is 20.5. The third-order valence-corrected chi connectivity index (χ3v) is 15.0. The molecule has 0 bridgehead atoms. The summed E-state index contributed by atoms with van der Waals surface area (Å²) in [6.07, 6.45) is -23.6. The minimum atomic E-state index is -1.62. The van der Waals surface area contributed by atoms with E-state index in [2.05, 4.69) is 10.6 Å². The maximum Gasteiger partial charge on any atom is 0.215 e. The molecule has 30 atom stereocenters. The predicted octanol–water partition coefficient (Wildman–Crippen LogP) is -12.1. The first kappa shape index (κ1) is 62.5. The molecule has 438 valence electrons. The van der Waals surface area contributed by atoms with Crippen LogP contribution in [0.15, 0.2) is 11.8 Å². The predicted molar refractivity (Wildman–Crippen MR) is 256 cm³/mol. The van der Waals surface area contributed by atoms with Crippen LogP contribution in [0.3, 0.4) is 0 Å². The van der Waals surface area contributed by atoms with Gasteiger partial charge in [-0.05, 0) is 45.9 Å². The number of aliphatic hydroxyl groups is 11. The third kappa shape index (κ3) is 13.9. The molecule has 0 amide bonds. The van der Waals surface area contributed by atoms with Gasteiger partial charge >= 0.3 is 0 Å². The molecule has 0 aromatic rings. The highest BCUT2D eigenvalue weighted by Crippen LogP contribution is 2.36. The topological polar surface area (TPSA) is 547 Å². The van der Waals surface area contributed by atoms with Gasteiger partial charge in [0.25, 0.3) is 0 Å². The summed E-state index contributed by atoms with van der Waals surface area (Å²) in [6, 6.07) is -6.25. The van der Waals surface area contributed by atoms with Crippen molar-refractivity contribution in [1.29, 1.82) is 0 Å². The van der Waals surface area contributed by atoms with Crippen LogP contribution in [-0.4, -0.2) is 286 Å². The van der Waals surface area contributed by atoms with E-state index in [0.717, 1.165) is 0 Å². The Morgan fingerprint density at radius 3 is 1.72 bits per heavy atom. The molecule has 5 aliphatic heterocycles. The molecule has 31 heteroatoms. The van der Waals surface area contributed by atoms with Crippen LogP contribution in [0.1, 0.15) is 33.1 Å². The highest BCUT2D eigenvalue weighted by atomic mass is 16.8. The molecule has 2 saturated carbocycles. The van der Waals surface area contributed by atoms with Crippen molar-refractivity contribution in [2.24, 2.45) is 45.9 Å². The fraction of sp³-hybridized carbons (Fsp3) is 0.955. The number of hydrogen-bond donors (Lipinski definition) is 21. The van der Waals surface area contributed by atoms with E-state index in [-0.39, 0.29) is 32.2 Å². The van der Waals surface area contributed by atoms with Crippen LogP contribution in [-0.2, 0) is 47.4 Å². The lowest BCUT2D eigenvalue weighted by molar-refractivity contribution is -0.310. The highest BCUT2D eigenvalue weighted by molar-refractivity contribution is 5.06. The van der Waals surface area contributed by atoms with Gasteiger partial charge in [-0.3, -0.25) is 0 Å². The molecule has 0 aromatic carbocycles. The van der Waals surface area contributed by atoms with Crippen LogP contribution in [0.2, 0.25) is 0 Å². The van der Waals surface area contributed by atoms with E-state index >= 15 is 0 Å². The maximum absolute atomic E-state index is 11.3. The normalized spacial score (nSPS) is 50.6. The first-order valence-electron chi connectivity index (χ1n) is 25.4. The number of likely N-dealkylation sites (N-methyl/N-ethyl adjacent to an activating group) is 2. The number of rotatable bonds is 17. The molecular formula is C44H86N10O21. The summed E-state index contributed by atoms with van der Waals surface area (Å²) in [6.45, 7) is 2.82. The van der Waals surface area contributed by atoms with Crippen LogP contribution in [0.4, 0.5) is 0 Å². The molecule has 29 N–H and O–H groups in total. The third-order valence-electron chi connectivity index (χ3n) is 15.0. The summed E-state index contributed by atoms with van der Waals surface area (Å²) in [7, 11) is 1.64. The van der Waals surface area contributed by atoms with E-state index in [9.17, 15) is 56.2 Å². The summed E-state index contributed by atoms with van der Waals surface area (Å²) in [5, 5.41) is 121. The fourth-order valence-electron chi connectivity index (χ4n) is 10.6. The van der Waals surface area contributed by atoms with Crippen molar-refractivity contribution >= 4 is 0 Å². The zero-order chi connectivity index (χ0) is 55.4. The lowest BCUT2D eigenvalue weighted by Gasteiger charge is -2.49. The zero-order valence-electron chi connectivity index (χ0n) is 42.3. The Hall–Kier alpha value is -1.66. The van der Waals surface area contributed by atoms with Gasteiger partial charge in [-0.1, -0.05) is 6.92 Å². The fourth-order valence-corrected chi connectivity index (χ4v) is 10.6. The van der Waals surface area contributed by atoms with Gasteiger partial charge in [-0.2, -0.15) is 0 Å². The Morgan fingerprint density at radius 2 is 1.13 bits per heavy atom. The summed E-state index contributed by atoms with van der Waals surface area (Å²) in [5.74, 6) is 0.572. The molecule has 7 rings (SSSR count). The van der Waals surface area contributed by atoms with Crippen molar-refractivity contribution in [3.05, 3.63) is 11.8 Å². The van der Waals surface area contributed by atoms with E-state index in [0.29, 0.717) is 25.1 Å². The molecule has 0 spiro atoms. The second kappa shape index (κ2) is 27.2. The quantitative estimate of drug-likeness (QED) is 0.0643. The zero-order valence-corrected chi connectivity index (χ0v) is 42.3. The molecule has 6 fully saturated rings. The van der Waals surface area contributed by atoms with Gasteiger partial charge in [0.2, 0.25) is 6.29 Å². The SMILES string of the molecule is CCN[C@@H]1C[C@H](N)[C@@H](OC2OC(CN)=CCC2N)[C@H](O)[C@H]1O[C@H]1OC[C@](C)(O)[C@H](NC)[C@H]1O.NC[C@@H]1O[C@H](O[C@H]2[C@@H](O)[C@H](O[C@@H]3[C@@H](O)[C@H](N)C[C@H](N)[C@H]3O[C@H]3O[C@H](CO)[C@@H](O)[C@H](O)[C@H]3N)O[C@@H]2CO)[C@H](N)[C@@H](O)[C@@H]1O. The summed E-state index contributed by atoms with van der Waals surface area (Å²) in [5.41, 5.74) is 46.8. The minimum Gasteiger partial charge on any atom is -0.467 e. The van der Waals surface area contributed by atoms with Gasteiger partial charge in [0, 0.05) is 30.7 Å². The van der Waals surface area contributed by atoms with E-state index in [1.54, 1.807) is 14.0 Å². The summed E-state index contributed by atoms with van der Waals surface area (Å²) in [4.78, 5) is 0. The first-order chi connectivity index (χ1) is 35.5. The Bertz CT molecular complexity index is 1780. The molecule has 2 aliphatic carbocycles. The van der Waals surface area contributed by atoms with Gasteiger partial charge in [0.1, 0.15) is 103 Å². The van der Waals surface area contributed by atoms with Crippen molar-refractivity contribution in [2.45, 2.75) is 216 Å². The van der Waals surface area contributed by atoms with Gasteiger partial charge in [-0.15, -0.1) is 0 Å². The van der Waals surface area contributed by atoms with Gasteiger partial charge in [0.15, 0.2) is 25.2 Å². The molecule has 2 unspecified atom stereocenters. The maximum atomic E-state index is 11.3. The number of aliphatic hydroxyl groups excluding tert-OH is 10. The van der Waals surface area contributed by atoms with Crippen LogP contribution < -0.4 is 56.5 Å². The second-order valence-electron chi connectivity index (χ2n) is 20.5. The van der Waals surface area contributed by atoms with Crippen molar-refractivity contribution in [2.75, 3.05) is 46.5 Å². The molecular weight excluding hydrogens is 1000 g/mol.